The molecule has 0 atom stereocenters. The average molecular weight is 308 g/mol. The van der Waals surface area contributed by atoms with Crippen LogP contribution in [0.1, 0.15) is 53.4 Å². The van der Waals surface area contributed by atoms with Gasteiger partial charge in [0.1, 0.15) is 0 Å². The number of likely N-dealkylation sites (tertiary alicyclic amines) is 3. The molecule has 0 N–H and O–H groups in total. The van der Waals surface area contributed by atoms with E-state index in [0.717, 1.165) is 18.0 Å². The fourth-order valence-corrected chi connectivity index (χ4v) is 4.73. The largest absolute Gasteiger partial charge is 0.303 e. The van der Waals surface area contributed by atoms with Crippen molar-refractivity contribution in [1.82, 2.24) is 14.7 Å². The minimum atomic E-state index is 0.700. The van der Waals surface area contributed by atoms with E-state index in [4.69, 9.17) is 0 Å². The second kappa shape index (κ2) is 6.78. The standard InChI is InChI=1S/C19H37N3/c1-16(2)13-20-9-5-19(6-10-20)7-11-21(12-8-19)18-14-22(15-18)17(3)4/h16-18H,5-15H2,1-4H3. The zero-order valence-electron chi connectivity index (χ0n) is 15.4. The average Bonchev–Trinajstić information content (AvgIpc) is 2.41. The summed E-state index contributed by atoms with van der Waals surface area (Å²) in [5.74, 6) is 0.818. The van der Waals surface area contributed by atoms with Gasteiger partial charge in [-0.2, -0.15) is 0 Å². The van der Waals surface area contributed by atoms with Gasteiger partial charge in [-0.3, -0.25) is 9.80 Å². The van der Waals surface area contributed by atoms with E-state index >= 15 is 0 Å². The molecule has 0 aliphatic carbocycles. The van der Waals surface area contributed by atoms with Gasteiger partial charge in [0.05, 0.1) is 0 Å². The van der Waals surface area contributed by atoms with Crippen LogP contribution in [0.4, 0.5) is 0 Å². The minimum Gasteiger partial charge on any atom is -0.303 e. The van der Waals surface area contributed by atoms with E-state index in [1.54, 1.807) is 0 Å². The normalized spacial score (nSPS) is 28.6. The Morgan fingerprint density at radius 2 is 1.41 bits per heavy atom. The molecule has 0 aromatic rings. The fraction of sp³-hybridized carbons (Fsp3) is 1.00. The maximum absolute atomic E-state index is 2.80. The van der Waals surface area contributed by atoms with Gasteiger partial charge in [0.15, 0.2) is 0 Å². The van der Waals surface area contributed by atoms with Gasteiger partial charge < -0.3 is 4.90 Å². The number of hydrogen-bond donors (Lipinski definition) is 0. The Hall–Kier alpha value is -0.120. The molecule has 3 rings (SSSR count). The van der Waals surface area contributed by atoms with Crippen LogP contribution < -0.4 is 0 Å². The van der Waals surface area contributed by atoms with Crippen molar-refractivity contribution in [1.29, 1.82) is 0 Å². The van der Waals surface area contributed by atoms with Crippen molar-refractivity contribution in [2.45, 2.75) is 65.5 Å². The first-order valence-corrected chi connectivity index (χ1v) is 9.68. The molecule has 0 amide bonds. The Morgan fingerprint density at radius 1 is 0.864 bits per heavy atom. The van der Waals surface area contributed by atoms with E-state index in [0.29, 0.717) is 5.41 Å². The highest BCUT2D eigenvalue weighted by Crippen LogP contribution is 2.42. The zero-order valence-corrected chi connectivity index (χ0v) is 15.4. The summed E-state index contributed by atoms with van der Waals surface area (Å²) in [4.78, 5) is 8.11. The maximum Gasteiger partial charge on any atom is 0.0350 e. The van der Waals surface area contributed by atoms with Gasteiger partial charge in [-0.15, -0.1) is 0 Å². The molecule has 3 aliphatic heterocycles. The second-order valence-electron chi connectivity index (χ2n) is 8.93. The van der Waals surface area contributed by atoms with Gasteiger partial charge in [0.2, 0.25) is 0 Å². The number of piperidine rings is 2. The minimum absolute atomic E-state index is 0.700. The molecule has 3 aliphatic rings. The summed E-state index contributed by atoms with van der Waals surface area (Å²) in [6, 6.07) is 1.60. The Kier molecular flexibility index (Phi) is 5.16. The molecule has 0 aromatic carbocycles. The van der Waals surface area contributed by atoms with Crippen molar-refractivity contribution < 1.29 is 0 Å². The van der Waals surface area contributed by atoms with E-state index in [-0.39, 0.29) is 0 Å². The Morgan fingerprint density at radius 3 is 1.91 bits per heavy atom. The lowest BCUT2D eigenvalue weighted by molar-refractivity contribution is -0.0334. The van der Waals surface area contributed by atoms with Gasteiger partial charge in [-0.05, 0) is 77.0 Å². The highest BCUT2D eigenvalue weighted by atomic mass is 15.3. The molecule has 3 nitrogen and oxygen atoms in total. The van der Waals surface area contributed by atoms with E-state index in [2.05, 4.69) is 42.4 Å². The summed E-state index contributed by atoms with van der Waals surface area (Å²) in [5, 5.41) is 0. The summed E-state index contributed by atoms with van der Waals surface area (Å²) in [7, 11) is 0. The molecule has 0 unspecified atom stereocenters. The molecule has 0 saturated carbocycles. The zero-order chi connectivity index (χ0) is 15.7. The first kappa shape index (κ1) is 16.7. The molecule has 0 aromatic heterocycles. The predicted molar refractivity (Wildman–Crippen MR) is 94.2 cm³/mol. The van der Waals surface area contributed by atoms with Crippen molar-refractivity contribution in [3.63, 3.8) is 0 Å². The van der Waals surface area contributed by atoms with Crippen molar-refractivity contribution in [2.75, 3.05) is 45.8 Å². The first-order valence-electron chi connectivity index (χ1n) is 9.68. The molecule has 22 heavy (non-hydrogen) atoms. The summed E-state index contributed by atoms with van der Waals surface area (Å²) in [5.41, 5.74) is 0.700. The van der Waals surface area contributed by atoms with E-state index in [9.17, 15) is 0 Å². The lowest BCUT2D eigenvalue weighted by Gasteiger charge is -2.53. The maximum atomic E-state index is 2.80. The fourth-order valence-electron chi connectivity index (χ4n) is 4.73. The Labute approximate surface area is 138 Å². The van der Waals surface area contributed by atoms with Gasteiger partial charge in [-0.1, -0.05) is 13.8 Å². The number of hydrogen-bond acceptors (Lipinski definition) is 3. The summed E-state index contributed by atoms with van der Waals surface area (Å²) >= 11 is 0. The quantitative estimate of drug-likeness (QED) is 0.791. The topological polar surface area (TPSA) is 9.72 Å². The molecule has 0 bridgehead atoms. The summed E-state index contributed by atoms with van der Waals surface area (Å²) in [6.45, 7) is 18.7. The molecule has 3 heterocycles. The van der Waals surface area contributed by atoms with Gasteiger partial charge in [0.25, 0.3) is 0 Å². The third-order valence-corrected chi connectivity index (χ3v) is 6.54. The monoisotopic (exact) mass is 307 g/mol. The smallest absolute Gasteiger partial charge is 0.0350 e. The van der Waals surface area contributed by atoms with Gasteiger partial charge in [0, 0.05) is 31.7 Å². The number of rotatable bonds is 4. The molecule has 0 radical (unpaired) electrons. The highest BCUT2D eigenvalue weighted by Gasteiger charge is 2.41. The van der Waals surface area contributed by atoms with Crippen LogP contribution in [-0.2, 0) is 0 Å². The Balaban J connectivity index is 1.41. The first-order chi connectivity index (χ1) is 10.5. The third-order valence-electron chi connectivity index (χ3n) is 6.54. The van der Waals surface area contributed by atoms with Crippen molar-refractivity contribution in [3.8, 4) is 0 Å². The van der Waals surface area contributed by atoms with Crippen LogP contribution in [0.2, 0.25) is 0 Å². The van der Waals surface area contributed by atoms with Crippen molar-refractivity contribution in [3.05, 3.63) is 0 Å². The van der Waals surface area contributed by atoms with Crippen LogP contribution in [0.25, 0.3) is 0 Å². The van der Waals surface area contributed by atoms with Gasteiger partial charge >= 0.3 is 0 Å². The third kappa shape index (κ3) is 3.68. The summed E-state index contributed by atoms with van der Waals surface area (Å²) in [6.07, 6.45) is 5.83. The van der Waals surface area contributed by atoms with Crippen LogP contribution in [-0.4, -0.2) is 72.6 Å². The second-order valence-corrected chi connectivity index (χ2v) is 8.93. The van der Waals surface area contributed by atoms with Crippen LogP contribution in [0.15, 0.2) is 0 Å². The van der Waals surface area contributed by atoms with Crippen molar-refractivity contribution in [2.24, 2.45) is 11.3 Å². The SMILES string of the molecule is CC(C)CN1CCC2(CC1)CCN(C1CN(C(C)C)C1)CC2. The molecule has 3 heteroatoms. The van der Waals surface area contributed by atoms with Crippen LogP contribution in [0, 0.1) is 11.3 Å². The van der Waals surface area contributed by atoms with E-state index < -0.39 is 0 Å². The lowest BCUT2D eigenvalue weighted by Crippen LogP contribution is -2.63. The highest BCUT2D eigenvalue weighted by molar-refractivity contribution is 4.96. The van der Waals surface area contributed by atoms with E-state index in [1.807, 2.05) is 0 Å². The molecule has 1 spiro atoms. The van der Waals surface area contributed by atoms with Gasteiger partial charge in [-0.25, -0.2) is 0 Å². The molecule has 128 valence electrons. The van der Waals surface area contributed by atoms with Crippen LogP contribution in [0.3, 0.4) is 0 Å². The Bertz CT molecular complexity index is 342. The van der Waals surface area contributed by atoms with Crippen LogP contribution in [0.5, 0.6) is 0 Å². The van der Waals surface area contributed by atoms with Crippen LogP contribution >= 0.6 is 0 Å². The molecular weight excluding hydrogens is 270 g/mol. The number of nitrogens with zero attached hydrogens (tertiary/aromatic N) is 3. The predicted octanol–water partition coefficient (Wildman–Crippen LogP) is 2.91. The molecular formula is C19H37N3. The molecule has 3 saturated heterocycles. The lowest BCUT2D eigenvalue weighted by atomic mass is 9.71. The van der Waals surface area contributed by atoms with E-state index in [1.165, 1.54) is 71.5 Å². The molecule has 3 fully saturated rings. The summed E-state index contributed by atoms with van der Waals surface area (Å²) < 4.78 is 0. The van der Waals surface area contributed by atoms with Crippen molar-refractivity contribution >= 4 is 0 Å².